The summed E-state index contributed by atoms with van der Waals surface area (Å²) in [6.45, 7) is 8.92. The lowest BCUT2D eigenvalue weighted by Crippen LogP contribution is -2.50. The third kappa shape index (κ3) is 4.32. The Kier molecular flexibility index (Phi) is 5.56. The van der Waals surface area contributed by atoms with E-state index in [1.54, 1.807) is 0 Å². The molecule has 4 heteroatoms. The van der Waals surface area contributed by atoms with Gasteiger partial charge in [0.2, 0.25) is 0 Å². The zero-order valence-electron chi connectivity index (χ0n) is 12.4. The lowest BCUT2D eigenvalue weighted by molar-refractivity contribution is 0.0988. The molecule has 4 nitrogen and oxygen atoms in total. The summed E-state index contributed by atoms with van der Waals surface area (Å²) in [4.78, 5) is 13.9. The maximum atomic E-state index is 11.5. The topological polar surface area (TPSA) is 41.6 Å². The summed E-state index contributed by atoms with van der Waals surface area (Å²) in [6.07, 6.45) is 0.543. The van der Waals surface area contributed by atoms with E-state index >= 15 is 0 Å². The van der Waals surface area contributed by atoms with Crippen LogP contribution in [0.3, 0.4) is 0 Å². The minimum Gasteiger partial charge on any atom is -0.492 e. The molecule has 0 unspecified atom stereocenters. The van der Waals surface area contributed by atoms with E-state index in [0.29, 0.717) is 19.1 Å². The largest absolute Gasteiger partial charge is 0.492 e. The van der Waals surface area contributed by atoms with Crippen molar-refractivity contribution in [3.63, 3.8) is 0 Å². The van der Waals surface area contributed by atoms with Gasteiger partial charge in [-0.25, -0.2) is 0 Å². The molecule has 1 saturated heterocycles. The van der Waals surface area contributed by atoms with Crippen molar-refractivity contribution in [2.24, 2.45) is 0 Å². The molecule has 1 aliphatic rings. The summed E-state index contributed by atoms with van der Waals surface area (Å²) < 4.78 is 5.74. The predicted molar refractivity (Wildman–Crippen MR) is 80.5 cm³/mol. The van der Waals surface area contributed by atoms with Crippen molar-refractivity contribution in [1.29, 1.82) is 0 Å². The molecule has 0 radical (unpaired) electrons. The van der Waals surface area contributed by atoms with Gasteiger partial charge in [-0.2, -0.15) is 0 Å². The zero-order valence-corrected chi connectivity index (χ0v) is 12.4. The molecule has 0 amide bonds. The van der Waals surface area contributed by atoms with Crippen LogP contribution in [0.15, 0.2) is 24.3 Å². The van der Waals surface area contributed by atoms with Crippen LogP contribution in [0, 0.1) is 0 Å². The molecule has 1 aromatic carbocycles. The highest BCUT2D eigenvalue weighted by Gasteiger charge is 2.14. The van der Waals surface area contributed by atoms with E-state index in [-0.39, 0.29) is 5.78 Å². The highest BCUT2D eigenvalue weighted by Crippen LogP contribution is 2.13. The highest BCUT2D eigenvalue weighted by molar-refractivity contribution is 5.95. The number of hydrogen-bond acceptors (Lipinski definition) is 4. The standard InChI is InChI=1S/C16H24N2O2/c1-3-16(19)14-4-6-15(7-5-14)20-11-10-18-9-8-17-13(2)12-18/h4-7,13,17H,3,8-12H2,1-2H3/t13-/m1/s1. The summed E-state index contributed by atoms with van der Waals surface area (Å²) in [5.74, 6) is 1.01. The van der Waals surface area contributed by atoms with E-state index in [0.717, 1.165) is 37.5 Å². The summed E-state index contributed by atoms with van der Waals surface area (Å²) in [7, 11) is 0. The first-order valence-electron chi connectivity index (χ1n) is 7.41. The van der Waals surface area contributed by atoms with Crippen molar-refractivity contribution in [1.82, 2.24) is 10.2 Å². The summed E-state index contributed by atoms with van der Waals surface area (Å²) in [5.41, 5.74) is 0.760. The van der Waals surface area contributed by atoms with E-state index < -0.39 is 0 Å². The number of Topliss-reactive ketones (excluding diaryl/α,β-unsaturated/α-hetero) is 1. The summed E-state index contributed by atoms with van der Waals surface area (Å²) in [5, 5.41) is 3.43. The molecule has 20 heavy (non-hydrogen) atoms. The highest BCUT2D eigenvalue weighted by atomic mass is 16.5. The molecule has 0 aliphatic carbocycles. The van der Waals surface area contributed by atoms with Crippen LogP contribution in [0.4, 0.5) is 0 Å². The SMILES string of the molecule is CCC(=O)c1ccc(OCCN2CCN[C@H](C)C2)cc1. The van der Waals surface area contributed by atoms with Gasteiger partial charge in [0.1, 0.15) is 12.4 Å². The van der Waals surface area contributed by atoms with Gasteiger partial charge in [-0.1, -0.05) is 6.92 Å². The minimum atomic E-state index is 0.173. The number of carbonyl (C=O) groups is 1. The molecule has 1 fully saturated rings. The number of benzene rings is 1. The lowest BCUT2D eigenvalue weighted by Gasteiger charge is -2.31. The second kappa shape index (κ2) is 7.41. The number of piperazine rings is 1. The number of ether oxygens (including phenoxy) is 1. The molecule has 1 N–H and O–H groups in total. The fraction of sp³-hybridized carbons (Fsp3) is 0.562. The molecular weight excluding hydrogens is 252 g/mol. The van der Waals surface area contributed by atoms with E-state index in [1.165, 1.54) is 0 Å². The van der Waals surface area contributed by atoms with Gasteiger partial charge in [0.25, 0.3) is 0 Å². The molecule has 1 aromatic rings. The third-order valence-corrected chi connectivity index (χ3v) is 3.63. The average molecular weight is 276 g/mol. The predicted octanol–water partition coefficient (Wildman–Crippen LogP) is 1.95. The fourth-order valence-corrected chi connectivity index (χ4v) is 2.45. The van der Waals surface area contributed by atoms with Crippen LogP contribution in [0.2, 0.25) is 0 Å². The van der Waals surface area contributed by atoms with Gasteiger partial charge < -0.3 is 10.1 Å². The van der Waals surface area contributed by atoms with Gasteiger partial charge in [-0.3, -0.25) is 9.69 Å². The Morgan fingerprint density at radius 1 is 1.40 bits per heavy atom. The van der Waals surface area contributed by atoms with E-state index in [9.17, 15) is 4.79 Å². The first kappa shape index (κ1) is 15.0. The van der Waals surface area contributed by atoms with Crippen LogP contribution in [0.5, 0.6) is 5.75 Å². The number of carbonyl (C=O) groups excluding carboxylic acids is 1. The minimum absolute atomic E-state index is 0.173. The van der Waals surface area contributed by atoms with Gasteiger partial charge in [0, 0.05) is 44.2 Å². The van der Waals surface area contributed by atoms with E-state index in [1.807, 2.05) is 31.2 Å². The maximum Gasteiger partial charge on any atom is 0.162 e. The molecule has 0 saturated carbocycles. The Balaban J connectivity index is 1.75. The van der Waals surface area contributed by atoms with Crippen molar-refractivity contribution in [3.05, 3.63) is 29.8 Å². The molecule has 0 aromatic heterocycles. The summed E-state index contributed by atoms with van der Waals surface area (Å²) in [6, 6.07) is 8.00. The number of nitrogens with one attached hydrogen (secondary N) is 1. The van der Waals surface area contributed by atoms with Crippen molar-refractivity contribution >= 4 is 5.78 Å². The summed E-state index contributed by atoms with van der Waals surface area (Å²) >= 11 is 0. The molecule has 110 valence electrons. The quantitative estimate of drug-likeness (QED) is 0.806. The molecule has 1 aliphatic heterocycles. The van der Waals surface area contributed by atoms with Crippen molar-refractivity contribution in [2.45, 2.75) is 26.3 Å². The zero-order chi connectivity index (χ0) is 14.4. The Morgan fingerprint density at radius 2 is 2.15 bits per heavy atom. The second-order valence-corrected chi connectivity index (χ2v) is 5.31. The molecule has 0 spiro atoms. The normalized spacial score (nSPS) is 19.8. The fourth-order valence-electron chi connectivity index (χ4n) is 2.45. The van der Waals surface area contributed by atoms with Crippen LogP contribution < -0.4 is 10.1 Å². The Labute approximate surface area is 121 Å². The number of rotatable bonds is 6. The number of ketones is 1. The second-order valence-electron chi connectivity index (χ2n) is 5.31. The van der Waals surface area contributed by atoms with Gasteiger partial charge in [-0.15, -0.1) is 0 Å². The smallest absolute Gasteiger partial charge is 0.162 e. The first-order chi connectivity index (χ1) is 9.69. The Morgan fingerprint density at radius 3 is 2.80 bits per heavy atom. The van der Waals surface area contributed by atoms with E-state index in [2.05, 4.69) is 17.1 Å². The van der Waals surface area contributed by atoms with Crippen molar-refractivity contribution in [2.75, 3.05) is 32.8 Å². The molecule has 0 bridgehead atoms. The van der Waals surface area contributed by atoms with Crippen LogP contribution in [0.1, 0.15) is 30.6 Å². The Bertz CT molecular complexity index is 431. The molecule has 1 atom stereocenters. The van der Waals surface area contributed by atoms with Crippen LogP contribution >= 0.6 is 0 Å². The monoisotopic (exact) mass is 276 g/mol. The van der Waals surface area contributed by atoms with Gasteiger partial charge >= 0.3 is 0 Å². The molecule has 2 rings (SSSR count). The molecule has 1 heterocycles. The number of hydrogen-bond donors (Lipinski definition) is 1. The molecular formula is C16H24N2O2. The van der Waals surface area contributed by atoms with Crippen molar-refractivity contribution in [3.8, 4) is 5.75 Å². The van der Waals surface area contributed by atoms with Gasteiger partial charge in [0.15, 0.2) is 5.78 Å². The van der Waals surface area contributed by atoms with Crippen LogP contribution in [0.25, 0.3) is 0 Å². The first-order valence-corrected chi connectivity index (χ1v) is 7.41. The maximum absolute atomic E-state index is 11.5. The van der Waals surface area contributed by atoms with Gasteiger partial charge in [0.05, 0.1) is 0 Å². The lowest BCUT2D eigenvalue weighted by atomic mass is 10.1. The van der Waals surface area contributed by atoms with Crippen LogP contribution in [-0.2, 0) is 0 Å². The van der Waals surface area contributed by atoms with Gasteiger partial charge in [-0.05, 0) is 31.2 Å². The van der Waals surface area contributed by atoms with Crippen molar-refractivity contribution < 1.29 is 9.53 Å². The van der Waals surface area contributed by atoms with Crippen LogP contribution in [-0.4, -0.2) is 49.5 Å². The third-order valence-electron chi connectivity index (χ3n) is 3.63. The van der Waals surface area contributed by atoms with E-state index in [4.69, 9.17) is 4.74 Å². The number of nitrogens with zero attached hydrogens (tertiary/aromatic N) is 1. The average Bonchev–Trinajstić information content (AvgIpc) is 2.47. The Hall–Kier alpha value is -1.39.